The molecule has 0 radical (unpaired) electrons. The van der Waals surface area contributed by atoms with Gasteiger partial charge in [-0.15, -0.1) is 0 Å². The minimum atomic E-state index is -0.212. The second kappa shape index (κ2) is 7.82. The third-order valence-electron chi connectivity index (χ3n) is 6.72. The maximum atomic E-state index is 12.9. The van der Waals surface area contributed by atoms with Gasteiger partial charge in [0.1, 0.15) is 5.60 Å². The summed E-state index contributed by atoms with van der Waals surface area (Å²) in [4.78, 5) is 31.2. The van der Waals surface area contributed by atoms with Gasteiger partial charge in [0, 0.05) is 30.8 Å². The van der Waals surface area contributed by atoms with Crippen LogP contribution in [0.1, 0.15) is 57.4 Å². The molecular formula is C22H31N3O3. The van der Waals surface area contributed by atoms with Crippen molar-refractivity contribution >= 4 is 11.8 Å². The lowest BCUT2D eigenvalue weighted by Crippen LogP contribution is -2.65. The lowest BCUT2D eigenvalue weighted by atomic mass is 9.73. The predicted octanol–water partition coefficient (Wildman–Crippen LogP) is 2.68. The summed E-state index contributed by atoms with van der Waals surface area (Å²) in [5.41, 5.74) is 0.661. The van der Waals surface area contributed by atoms with E-state index in [0.717, 1.165) is 37.7 Å². The van der Waals surface area contributed by atoms with Crippen molar-refractivity contribution in [3.63, 3.8) is 0 Å². The Balaban J connectivity index is 1.21. The molecule has 0 aromatic carbocycles. The largest absolute Gasteiger partial charge is 0.371 e. The number of pyridine rings is 1. The number of amides is 2. The normalized spacial score (nSPS) is 25.3. The Hall–Kier alpha value is -1.95. The molecular weight excluding hydrogens is 354 g/mol. The first kappa shape index (κ1) is 19.4. The second-order valence-electron chi connectivity index (χ2n) is 9.18. The quantitative estimate of drug-likeness (QED) is 0.846. The van der Waals surface area contributed by atoms with Crippen LogP contribution in [0.2, 0.25) is 0 Å². The third-order valence-corrected chi connectivity index (χ3v) is 6.72. The van der Waals surface area contributed by atoms with Gasteiger partial charge in [-0.3, -0.25) is 14.6 Å². The van der Waals surface area contributed by atoms with Gasteiger partial charge in [-0.1, -0.05) is 26.2 Å². The van der Waals surface area contributed by atoms with Gasteiger partial charge < -0.3 is 15.0 Å². The monoisotopic (exact) mass is 385 g/mol. The number of carbonyl (C=O) groups is 2. The number of hydrogen-bond acceptors (Lipinski definition) is 4. The number of nitrogens with zero attached hydrogens (tertiary/aromatic N) is 2. The molecule has 1 aromatic rings. The van der Waals surface area contributed by atoms with Gasteiger partial charge in [0.05, 0.1) is 19.7 Å². The maximum absolute atomic E-state index is 12.9. The smallest absolute Gasteiger partial charge is 0.228 e. The van der Waals surface area contributed by atoms with Gasteiger partial charge in [-0.2, -0.15) is 0 Å². The van der Waals surface area contributed by atoms with Crippen LogP contribution in [0.4, 0.5) is 0 Å². The van der Waals surface area contributed by atoms with Crippen molar-refractivity contribution in [1.29, 1.82) is 0 Å². The van der Waals surface area contributed by atoms with Crippen LogP contribution >= 0.6 is 0 Å². The van der Waals surface area contributed by atoms with Gasteiger partial charge in [0.2, 0.25) is 11.8 Å². The molecule has 1 N–H and O–H groups in total. The highest BCUT2D eigenvalue weighted by Gasteiger charge is 2.53. The minimum Gasteiger partial charge on any atom is -0.371 e. The van der Waals surface area contributed by atoms with Gasteiger partial charge in [0.15, 0.2) is 0 Å². The van der Waals surface area contributed by atoms with Crippen LogP contribution in [0.25, 0.3) is 0 Å². The maximum Gasteiger partial charge on any atom is 0.228 e. The Morgan fingerprint density at radius 1 is 1.21 bits per heavy atom. The van der Waals surface area contributed by atoms with Crippen molar-refractivity contribution in [2.75, 3.05) is 19.7 Å². The summed E-state index contributed by atoms with van der Waals surface area (Å²) in [6, 6.07) is 3.81. The first-order valence-corrected chi connectivity index (χ1v) is 10.6. The van der Waals surface area contributed by atoms with E-state index in [2.05, 4.69) is 17.2 Å². The average Bonchev–Trinajstić information content (AvgIpc) is 3.10. The fourth-order valence-electron chi connectivity index (χ4n) is 5.05. The number of hydrogen-bond donors (Lipinski definition) is 1. The molecule has 1 saturated carbocycles. The Labute approximate surface area is 167 Å². The lowest BCUT2D eigenvalue weighted by molar-refractivity contribution is -0.168. The first-order chi connectivity index (χ1) is 13.5. The molecule has 1 atom stereocenters. The van der Waals surface area contributed by atoms with Gasteiger partial charge in [-0.25, -0.2) is 0 Å². The molecule has 6 nitrogen and oxygen atoms in total. The van der Waals surface area contributed by atoms with E-state index < -0.39 is 0 Å². The highest BCUT2D eigenvalue weighted by Crippen LogP contribution is 2.43. The van der Waals surface area contributed by atoms with Crippen molar-refractivity contribution in [1.82, 2.24) is 15.2 Å². The number of carbonyl (C=O) groups excluding carboxylic acids is 2. The second-order valence-corrected chi connectivity index (χ2v) is 9.18. The number of rotatable bonds is 5. The SMILES string of the molecule is CC1(C(=O)N2CC3(CC(CC(=O)NCc4ccncc4)CO3)C2)CCCCC1. The number of ether oxygens (including phenoxy) is 1. The molecule has 152 valence electrons. The molecule has 2 saturated heterocycles. The highest BCUT2D eigenvalue weighted by atomic mass is 16.5. The molecule has 3 aliphatic rings. The van der Waals surface area contributed by atoms with Crippen LogP contribution in [-0.2, 0) is 20.9 Å². The van der Waals surface area contributed by atoms with E-state index in [4.69, 9.17) is 4.74 Å². The summed E-state index contributed by atoms with van der Waals surface area (Å²) >= 11 is 0. The first-order valence-electron chi connectivity index (χ1n) is 10.6. The number of likely N-dealkylation sites (tertiary alicyclic amines) is 1. The van der Waals surface area contributed by atoms with Crippen LogP contribution in [0.3, 0.4) is 0 Å². The Bertz CT molecular complexity index is 709. The Morgan fingerprint density at radius 2 is 1.93 bits per heavy atom. The van der Waals surface area contributed by atoms with Crippen molar-refractivity contribution < 1.29 is 14.3 Å². The van der Waals surface area contributed by atoms with Crippen molar-refractivity contribution in [3.05, 3.63) is 30.1 Å². The van der Waals surface area contributed by atoms with Crippen molar-refractivity contribution in [3.8, 4) is 0 Å². The lowest BCUT2D eigenvalue weighted by Gasteiger charge is -2.50. The zero-order valence-electron chi connectivity index (χ0n) is 16.8. The summed E-state index contributed by atoms with van der Waals surface area (Å²) < 4.78 is 6.07. The summed E-state index contributed by atoms with van der Waals surface area (Å²) in [7, 11) is 0. The molecule has 1 aliphatic carbocycles. The summed E-state index contributed by atoms with van der Waals surface area (Å²) in [6.07, 6.45) is 10.4. The topological polar surface area (TPSA) is 71.5 Å². The molecule has 0 bridgehead atoms. The molecule has 1 aromatic heterocycles. The van der Waals surface area contributed by atoms with E-state index in [-0.39, 0.29) is 22.8 Å². The molecule has 3 fully saturated rings. The Kier molecular flexibility index (Phi) is 5.41. The average molecular weight is 386 g/mol. The summed E-state index contributed by atoms with van der Waals surface area (Å²) in [5.74, 6) is 0.601. The number of aromatic nitrogens is 1. The molecule has 28 heavy (non-hydrogen) atoms. The summed E-state index contributed by atoms with van der Waals surface area (Å²) in [5, 5.41) is 2.98. The fraction of sp³-hybridized carbons (Fsp3) is 0.682. The van der Waals surface area contributed by atoms with E-state index in [1.807, 2.05) is 17.0 Å². The minimum absolute atomic E-state index is 0.0597. The Morgan fingerprint density at radius 3 is 2.64 bits per heavy atom. The van der Waals surface area contributed by atoms with Crippen LogP contribution in [-0.4, -0.2) is 47.0 Å². The molecule has 4 rings (SSSR count). The third kappa shape index (κ3) is 4.07. The van der Waals surface area contributed by atoms with Gasteiger partial charge in [-0.05, 0) is 42.9 Å². The van der Waals surface area contributed by atoms with Crippen molar-refractivity contribution in [2.24, 2.45) is 11.3 Å². The van der Waals surface area contributed by atoms with E-state index in [0.29, 0.717) is 38.6 Å². The molecule has 1 spiro atoms. The van der Waals surface area contributed by atoms with Gasteiger partial charge in [0.25, 0.3) is 0 Å². The van der Waals surface area contributed by atoms with E-state index in [1.165, 1.54) is 6.42 Å². The number of nitrogens with one attached hydrogen (secondary N) is 1. The molecule has 2 aliphatic heterocycles. The predicted molar refractivity (Wildman–Crippen MR) is 105 cm³/mol. The van der Waals surface area contributed by atoms with E-state index in [9.17, 15) is 9.59 Å². The van der Waals surface area contributed by atoms with Crippen LogP contribution in [0.5, 0.6) is 0 Å². The zero-order valence-corrected chi connectivity index (χ0v) is 16.8. The standard InChI is InChI=1S/C22H31N3O3/c1-21(7-3-2-4-8-21)20(27)25-15-22(16-25)12-18(14-28-22)11-19(26)24-13-17-5-9-23-10-6-17/h5-6,9-10,18H,2-4,7-8,11-16H2,1H3,(H,24,26). The summed E-state index contributed by atoms with van der Waals surface area (Å²) in [6.45, 7) is 4.65. The molecule has 3 heterocycles. The molecule has 1 unspecified atom stereocenters. The van der Waals surface area contributed by atoms with Crippen LogP contribution in [0.15, 0.2) is 24.5 Å². The molecule has 2 amide bonds. The van der Waals surface area contributed by atoms with E-state index in [1.54, 1.807) is 12.4 Å². The highest BCUT2D eigenvalue weighted by molar-refractivity contribution is 5.83. The zero-order chi connectivity index (χ0) is 19.6. The molecule has 6 heteroatoms. The van der Waals surface area contributed by atoms with Crippen LogP contribution < -0.4 is 5.32 Å². The van der Waals surface area contributed by atoms with Crippen LogP contribution in [0, 0.1) is 11.3 Å². The van der Waals surface area contributed by atoms with Gasteiger partial charge >= 0.3 is 0 Å². The van der Waals surface area contributed by atoms with Crippen molar-refractivity contribution in [2.45, 2.75) is 64.0 Å². The van der Waals surface area contributed by atoms with E-state index >= 15 is 0 Å². The fourth-order valence-corrected chi connectivity index (χ4v) is 5.05.